The van der Waals surface area contributed by atoms with E-state index in [4.69, 9.17) is 10.7 Å². The molecule has 0 heterocycles. The predicted octanol–water partition coefficient (Wildman–Crippen LogP) is 2.86. The molecule has 0 unspecified atom stereocenters. The van der Waals surface area contributed by atoms with Crippen LogP contribution in [-0.2, 0) is 9.05 Å². The van der Waals surface area contributed by atoms with Crippen LogP contribution in [0.5, 0.6) is 0 Å². The first kappa shape index (κ1) is 12.3. The van der Waals surface area contributed by atoms with E-state index in [1.165, 1.54) is 18.2 Å². The Bertz CT molecular complexity index is 427. The highest BCUT2D eigenvalue weighted by Crippen LogP contribution is 2.40. The van der Waals surface area contributed by atoms with Gasteiger partial charge < -0.3 is 0 Å². The molecule has 0 fully saturated rings. The monoisotopic (exact) mass is 258 g/mol. The van der Waals surface area contributed by atoms with Crippen molar-refractivity contribution in [1.29, 1.82) is 0 Å². The molecule has 84 valence electrons. The largest absolute Gasteiger partial charge is 0.410 e. The van der Waals surface area contributed by atoms with Crippen LogP contribution in [0.25, 0.3) is 0 Å². The first-order valence-electron chi connectivity index (χ1n) is 3.78. The fraction of sp³-hybridized carbons (Fsp3) is 0.250. The summed E-state index contributed by atoms with van der Waals surface area (Å²) in [6.07, 6.45) is -4.91. The maximum Gasteiger partial charge on any atom is 0.410 e. The molecule has 2 nitrogen and oxygen atoms in total. The van der Waals surface area contributed by atoms with Gasteiger partial charge in [0.05, 0.1) is 0 Å². The third kappa shape index (κ3) is 3.10. The van der Waals surface area contributed by atoms with Crippen LogP contribution in [0, 0.1) is 0 Å². The van der Waals surface area contributed by atoms with Crippen LogP contribution in [0.3, 0.4) is 0 Å². The molecule has 1 atom stereocenters. The molecule has 0 radical (unpaired) electrons. The summed E-state index contributed by atoms with van der Waals surface area (Å²) >= 11 is 0. The molecule has 0 amide bonds. The fourth-order valence-electron chi connectivity index (χ4n) is 1.14. The van der Waals surface area contributed by atoms with Gasteiger partial charge in [0.15, 0.2) is 5.25 Å². The van der Waals surface area contributed by atoms with Crippen molar-refractivity contribution in [2.24, 2.45) is 0 Å². The minimum absolute atomic E-state index is 0.389. The molecule has 0 aliphatic heterocycles. The molecule has 0 N–H and O–H groups in total. The van der Waals surface area contributed by atoms with Crippen molar-refractivity contribution in [1.82, 2.24) is 0 Å². The zero-order valence-electron chi connectivity index (χ0n) is 7.20. The van der Waals surface area contributed by atoms with Gasteiger partial charge in [0.2, 0.25) is 9.05 Å². The van der Waals surface area contributed by atoms with Crippen molar-refractivity contribution >= 4 is 19.7 Å². The van der Waals surface area contributed by atoms with Crippen molar-refractivity contribution in [3.05, 3.63) is 35.9 Å². The van der Waals surface area contributed by atoms with Gasteiger partial charge in [0, 0.05) is 10.7 Å². The first-order valence-corrected chi connectivity index (χ1v) is 6.15. The van der Waals surface area contributed by atoms with Crippen molar-refractivity contribution in [3.8, 4) is 0 Å². The molecular weight excluding hydrogens is 253 g/mol. The number of benzene rings is 1. The number of rotatable bonds is 2. The highest BCUT2D eigenvalue weighted by Gasteiger charge is 2.49. The van der Waals surface area contributed by atoms with Gasteiger partial charge in [0.1, 0.15) is 0 Å². The molecule has 0 aliphatic carbocycles. The molecule has 1 rings (SSSR count). The summed E-state index contributed by atoms with van der Waals surface area (Å²) in [5.41, 5.74) is -0.389. The Morgan fingerprint density at radius 2 is 1.60 bits per heavy atom. The Hall–Kier alpha value is -0.750. The van der Waals surface area contributed by atoms with Crippen LogP contribution in [-0.4, -0.2) is 14.6 Å². The summed E-state index contributed by atoms with van der Waals surface area (Å²) in [6, 6.07) is 6.25. The number of hydrogen-bond donors (Lipinski definition) is 0. The maximum absolute atomic E-state index is 12.4. The SMILES string of the molecule is O=S(=O)(Cl)[C@@H](c1ccccc1)C(F)(F)F. The molecule has 1 aromatic carbocycles. The molecule has 15 heavy (non-hydrogen) atoms. The van der Waals surface area contributed by atoms with Crippen LogP contribution in [0.4, 0.5) is 13.2 Å². The maximum atomic E-state index is 12.4. The van der Waals surface area contributed by atoms with Crippen LogP contribution in [0.2, 0.25) is 0 Å². The van der Waals surface area contributed by atoms with E-state index in [2.05, 4.69) is 0 Å². The number of alkyl halides is 3. The van der Waals surface area contributed by atoms with Gasteiger partial charge in [0.25, 0.3) is 0 Å². The second-order valence-electron chi connectivity index (χ2n) is 2.81. The van der Waals surface area contributed by atoms with Crippen LogP contribution < -0.4 is 0 Å². The molecule has 0 saturated heterocycles. The third-order valence-electron chi connectivity index (χ3n) is 1.68. The van der Waals surface area contributed by atoms with Crippen molar-refractivity contribution in [2.45, 2.75) is 11.4 Å². The van der Waals surface area contributed by atoms with E-state index in [0.717, 1.165) is 12.1 Å². The lowest BCUT2D eigenvalue weighted by molar-refractivity contribution is -0.131. The fourth-order valence-corrected chi connectivity index (χ4v) is 2.55. The molecule has 0 spiro atoms. The smallest absolute Gasteiger partial charge is 0.211 e. The highest BCUT2D eigenvalue weighted by atomic mass is 35.7. The summed E-state index contributed by atoms with van der Waals surface area (Å²) in [5, 5.41) is -2.67. The number of hydrogen-bond acceptors (Lipinski definition) is 2. The van der Waals surface area contributed by atoms with Gasteiger partial charge in [-0.15, -0.1) is 0 Å². The van der Waals surface area contributed by atoms with E-state index in [9.17, 15) is 21.6 Å². The van der Waals surface area contributed by atoms with E-state index in [-0.39, 0.29) is 5.56 Å². The Morgan fingerprint density at radius 1 is 1.13 bits per heavy atom. The van der Waals surface area contributed by atoms with Gasteiger partial charge >= 0.3 is 6.18 Å². The van der Waals surface area contributed by atoms with Gasteiger partial charge in [-0.1, -0.05) is 30.3 Å². The van der Waals surface area contributed by atoms with E-state index in [1.807, 2.05) is 0 Å². The lowest BCUT2D eigenvalue weighted by atomic mass is 10.1. The van der Waals surface area contributed by atoms with Crippen molar-refractivity contribution in [2.75, 3.05) is 0 Å². The Kier molecular flexibility index (Phi) is 3.30. The summed E-state index contributed by atoms with van der Waals surface area (Å²) < 4.78 is 59.0. The average molecular weight is 259 g/mol. The molecule has 0 aliphatic rings. The first-order chi connectivity index (χ1) is 6.73. The Labute approximate surface area is 89.1 Å². The van der Waals surface area contributed by atoms with Crippen molar-refractivity contribution in [3.63, 3.8) is 0 Å². The zero-order valence-corrected chi connectivity index (χ0v) is 8.77. The molecule has 0 bridgehead atoms. The summed E-state index contributed by atoms with van der Waals surface area (Å²) in [7, 11) is 0.0421. The van der Waals surface area contributed by atoms with E-state index < -0.39 is 20.5 Å². The molecule has 7 heteroatoms. The average Bonchev–Trinajstić information content (AvgIpc) is 2.00. The van der Waals surface area contributed by atoms with Gasteiger partial charge in [-0.3, -0.25) is 0 Å². The van der Waals surface area contributed by atoms with E-state index in [1.54, 1.807) is 0 Å². The lowest BCUT2D eigenvalue weighted by Gasteiger charge is -2.17. The summed E-state index contributed by atoms with van der Waals surface area (Å²) in [6.45, 7) is 0. The van der Waals surface area contributed by atoms with Crippen LogP contribution in [0.15, 0.2) is 30.3 Å². The molecule has 1 aromatic rings. The minimum atomic E-state index is -4.91. The normalized spacial score (nSPS) is 14.9. The van der Waals surface area contributed by atoms with Crippen LogP contribution >= 0.6 is 10.7 Å². The quantitative estimate of drug-likeness (QED) is 0.765. The lowest BCUT2D eigenvalue weighted by Crippen LogP contribution is -2.25. The van der Waals surface area contributed by atoms with E-state index in [0.29, 0.717) is 0 Å². The van der Waals surface area contributed by atoms with Gasteiger partial charge in [-0.2, -0.15) is 13.2 Å². The topological polar surface area (TPSA) is 34.1 Å². The minimum Gasteiger partial charge on any atom is -0.211 e. The zero-order chi connectivity index (χ0) is 11.7. The predicted molar refractivity (Wildman–Crippen MR) is 50.0 cm³/mol. The van der Waals surface area contributed by atoms with E-state index >= 15 is 0 Å². The third-order valence-corrected chi connectivity index (χ3v) is 3.32. The summed E-state index contributed by atoms with van der Waals surface area (Å²) in [5.74, 6) is 0. The number of halogens is 4. The van der Waals surface area contributed by atoms with Crippen LogP contribution in [0.1, 0.15) is 10.8 Å². The summed E-state index contributed by atoms with van der Waals surface area (Å²) in [4.78, 5) is 0. The van der Waals surface area contributed by atoms with Gasteiger partial charge in [-0.25, -0.2) is 8.42 Å². The second kappa shape index (κ2) is 4.02. The standard InChI is InChI=1S/C8H6ClF3O2S/c9-15(13,14)7(8(10,11)12)6-4-2-1-3-5-6/h1-5,7H/t7-/m0/s1. The Balaban J connectivity index is 3.27. The molecule has 0 saturated carbocycles. The van der Waals surface area contributed by atoms with Crippen molar-refractivity contribution < 1.29 is 21.6 Å². The van der Waals surface area contributed by atoms with Gasteiger partial charge in [-0.05, 0) is 5.56 Å². The molecule has 0 aromatic heterocycles. The molecular formula is C8H6ClF3O2S. The Morgan fingerprint density at radius 3 is 1.93 bits per heavy atom. The second-order valence-corrected chi connectivity index (χ2v) is 5.52. The highest BCUT2D eigenvalue weighted by molar-refractivity contribution is 8.14.